The molecule has 0 saturated heterocycles. The summed E-state index contributed by atoms with van der Waals surface area (Å²) in [7, 11) is 0. The molecule has 2 aromatic rings. The maximum Gasteiger partial charge on any atom is 0.413 e. The van der Waals surface area contributed by atoms with Crippen LogP contribution in [0.3, 0.4) is 0 Å². The highest BCUT2D eigenvalue weighted by Gasteiger charge is 2.39. The summed E-state index contributed by atoms with van der Waals surface area (Å²) in [5.74, 6) is 0.533. The summed E-state index contributed by atoms with van der Waals surface area (Å²) in [5, 5.41) is 9.53. The Morgan fingerprint density at radius 3 is 2.05 bits per heavy atom. The van der Waals surface area contributed by atoms with Crippen molar-refractivity contribution < 1.29 is 9.90 Å². The van der Waals surface area contributed by atoms with Crippen LogP contribution in [0.1, 0.15) is 30.1 Å². The summed E-state index contributed by atoms with van der Waals surface area (Å²) in [4.78, 5) is 17.6. The maximum atomic E-state index is 11.6. The van der Waals surface area contributed by atoms with Gasteiger partial charge in [0.25, 0.3) is 0 Å². The third-order valence-corrected chi connectivity index (χ3v) is 3.74. The van der Waals surface area contributed by atoms with E-state index in [9.17, 15) is 9.90 Å². The van der Waals surface area contributed by atoms with Gasteiger partial charge in [-0.05, 0) is 18.1 Å². The molecule has 3 rings (SSSR count). The second-order valence-corrected chi connectivity index (χ2v) is 5.04. The zero-order valence-electron chi connectivity index (χ0n) is 11.7. The number of amidine groups is 1. The number of hydrogen-bond donors (Lipinski definition) is 1. The smallest absolute Gasteiger partial charge is 0.413 e. The van der Waals surface area contributed by atoms with Gasteiger partial charge in [-0.2, -0.15) is 0 Å². The first-order valence-corrected chi connectivity index (χ1v) is 6.85. The number of carbonyl (C=O) groups is 1. The predicted octanol–water partition coefficient (Wildman–Crippen LogP) is 3.88. The molecule has 0 bridgehead atoms. The average Bonchev–Trinajstić information content (AvgIpc) is 2.86. The monoisotopic (exact) mass is 280 g/mol. The third kappa shape index (κ3) is 2.40. The van der Waals surface area contributed by atoms with Crippen LogP contribution in [-0.2, 0) is 0 Å². The quantitative estimate of drug-likeness (QED) is 0.907. The fraction of sp³-hybridized carbons (Fsp3) is 0.176. The second-order valence-electron chi connectivity index (χ2n) is 5.04. The van der Waals surface area contributed by atoms with Crippen LogP contribution in [0.15, 0.2) is 65.7 Å². The van der Waals surface area contributed by atoms with Crippen molar-refractivity contribution in [2.24, 2.45) is 4.99 Å². The summed E-state index contributed by atoms with van der Waals surface area (Å²) in [6.07, 6.45) is -0.969. The largest absolute Gasteiger partial charge is 0.465 e. The van der Waals surface area contributed by atoms with Gasteiger partial charge in [-0.15, -0.1) is 0 Å². The number of aliphatic imine (C=N–C) groups is 1. The molecule has 1 N–H and O–H groups in total. The first-order chi connectivity index (χ1) is 10.2. The van der Waals surface area contributed by atoms with Crippen LogP contribution in [0.5, 0.6) is 0 Å². The van der Waals surface area contributed by atoms with Gasteiger partial charge in [-0.1, -0.05) is 60.7 Å². The fourth-order valence-electron chi connectivity index (χ4n) is 2.82. The number of amides is 1. The Labute approximate surface area is 123 Å². The van der Waals surface area contributed by atoms with Crippen molar-refractivity contribution in [3.8, 4) is 0 Å². The van der Waals surface area contributed by atoms with Gasteiger partial charge in [0.15, 0.2) is 0 Å². The molecule has 4 nitrogen and oxygen atoms in total. The lowest BCUT2D eigenvalue weighted by Crippen LogP contribution is -2.34. The highest BCUT2D eigenvalue weighted by atomic mass is 16.4. The Morgan fingerprint density at radius 2 is 1.52 bits per heavy atom. The van der Waals surface area contributed by atoms with Gasteiger partial charge < -0.3 is 5.11 Å². The van der Waals surface area contributed by atoms with Gasteiger partial charge in [-0.25, -0.2) is 4.79 Å². The normalized spacial score (nSPS) is 21.2. The number of benzene rings is 2. The Hall–Kier alpha value is -2.62. The van der Waals surface area contributed by atoms with Gasteiger partial charge >= 0.3 is 6.09 Å². The lowest BCUT2D eigenvalue weighted by molar-refractivity contribution is 0.156. The van der Waals surface area contributed by atoms with E-state index in [2.05, 4.69) is 4.99 Å². The number of hydrogen-bond acceptors (Lipinski definition) is 2. The molecule has 2 atom stereocenters. The van der Waals surface area contributed by atoms with Gasteiger partial charge in [0.05, 0.1) is 6.04 Å². The van der Waals surface area contributed by atoms with E-state index < -0.39 is 6.09 Å². The molecule has 0 aromatic heterocycles. The van der Waals surface area contributed by atoms with E-state index >= 15 is 0 Å². The van der Waals surface area contributed by atoms with Crippen molar-refractivity contribution in [2.75, 3.05) is 0 Å². The van der Waals surface area contributed by atoms with Crippen LogP contribution >= 0.6 is 0 Å². The molecule has 1 amide bonds. The molecule has 0 aliphatic carbocycles. The molecule has 0 radical (unpaired) electrons. The van der Waals surface area contributed by atoms with Crippen molar-refractivity contribution in [3.63, 3.8) is 0 Å². The third-order valence-electron chi connectivity index (χ3n) is 3.74. The van der Waals surface area contributed by atoms with Crippen LogP contribution in [0, 0.1) is 0 Å². The van der Waals surface area contributed by atoms with Crippen LogP contribution in [0.2, 0.25) is 0 Å². The number of rotatable bonds is 2. The summed E-state index contributed by atoms with van der Waals surface area (Å²) < 4.78 is 0. The van der Waals surface area contributed by atoms with Crippen molar-refractivity contribution in [2.45, 2.75) is 19.0 Å². The van der Waals surface area contributed by atoms with Crippen molar-refractivity contribution in [1.82, 2.24) is 4.90 Å². The molecular weight excluding hydrogens is 264 g/mol. The molecular formula is C17H16N2O2. The lowest BCUT2D eigenvalue weighted by Gasteiger charge is -2.26. The van der Waals surface area contributed by atoms with E-state index in [-0.39, 0.29) is 12.1 Å². The predicted molar refractivity (Wildman–Crippen MR) is 81.3 cm³/mol. The summed E-state index contributed by atoms with van der Waals surface area (Å²) in [6, 6.07) is 19.0. The molecule has 2 aromatic carbocycles. The van der Waals surface area contributed by atoms with Crippen molar-refractivity contribution in [3.05, 3.63) is 71.8 Å². The number of carboxylic acid groups (broad SMARTS) is 1. The van der Waals surface area contributed by atoms with Crippen molar-refractivity contribution >= 4 is 11.9 Å². The van der Waals surface area contributed by atoms with E-state index in [1.165, 1.54) is 4.90 Å². The highest BCUT2D eigenvalue weighted by Crippen LogP contribution is 2.41. The Balaban J connectivity index is 2.08. The molecule has 1 aliphatic heterocycles. The maximum absolute atomic E-state index is 11.6. The van der Waals surface area contributed by atoms with Crippen LogP contribution in [-0.4, -0.2) is 21.9 Å². The molecule has 0 saturated carbocycles. The van der Waals surface area contributed by atoms with Gasteiger partial charge in [0, 0.05) is 0 Å². The minimum absolute atomic E-state index is 0.204. The molecule has 2 unspecified atom stereocenters. The second kappa shape index (κ2) is 5.40. The molecule has 21 heavy (non-hydrogen) atoms. The van der Waals surface area contributed by atoms with Crippen LogP contribution in [0.25, 0.3) is 0 Å². The summed E-state index contributed by atoms with van der Waals surface area (Å²) >= 11 is 0. The Morgan fingerprint density at radius 1 is 1.00 bits per heavy atom. The summed E-state index contributed by atoms with van der Waals surface area (Å²) in [6.45, 7) is 1.74. The van der Waals surface area contributed by atoms with Gasteiger partial charge in [0.1, 0.15) is 11.9 Å². The molecule has 0 fully saturated rings. The summed E-state index contributed by atoms with van der Waals surface area (Å²) in [5.41, 5.74) is 1.98. The Kier molecular flexibility index (Phi) is 3.44. The van der Waals surface area contributed by atoms with E-state index in [1.807, 2.05) is 60.7 Å². The zero-order chi connectivity index (χ0) is 14.8. The first kappa shape index (κ1) is 13.4. The first-order valence-electron chi connectivity index (χ1n) is 6.85. The van der Waals surface area contributed by atoms with Gasteiger partial charge in [-0.3, -0.25) is 9.89 Å². The standard InChI is InChI=1S/C17H16N2O2/c1-12-18-15(13-8-4-2-5-9-13)16(19(12)17(20)21)14-10-6-3-7-11-14/h2-11,15-16H,1H3,(H,20,21). The van der Waals surface area contributed by atoms with Gasteiger partial charge in [0.2, 0.25) is 0 Å². The molecule has 106 valence electrons. The minimum atomic E-state index is -0.969. The van der Waals surface area contributed by atoms with E-state index in [4.69, 9.17) is 0 Å². The van der Waals surface area contributed by atoms with E-state index in [0.29, 0.717) is 5.84 Å². The van der Waals surface area contributed by atoms with Crippen molar-refractivity contribution in [1.29, 1.82) is 0 Å². The molecule has 4 heteroatoms. The highest BCUT2D eigenvalue weighted by molar-refractivity contribution is 5.95. The SMILES string of the molecule is CC1=NC(c2ccccc2)C(c2ccccc2)N1C(=O)O. The Bertz CT molecular complexity index is 668. The molecule has 1 heterocycles. The zero-order valence-corrected chi connectivity index (χ0v) is 11.7. The van der Waals surface area contributed by atoms with E-state index in [1.54, 1.807) is 6.92 Å². The molecule has 0 spiro atoms. The number of nitrogens with zero attached hydrogens (tertiary/aromatic N) is 2. The minimum Gasteiger partial charge on any atom is -0.465 e. The molecule has 1 aliphatic rings. The fourth-order valence-corrected chi connectivity index (χ4v) is 2.82. The topological polar surface area (TPSA) is 52.9 Å². The average molecular weight is 280 g/mol. The van der Waals surface area contributed by atoms with E-state index in [0.717, 1.165) is 11.1 Å². The lowest BCUT2D eigenvalue weighted by atomic mass is 9.94. The van der Waals surface area contributed by atoms with Crippen LogP contribution < -0.4 is 0 Å². The van der Waals surface area contributed by atoms with Crippen LogP contribution in [0.4, 0.5) is 4.79 Å².